The number of anilines is 1. The standard InChI is InChI=1S/C10H12N2O3S/c1-2-11-10(16)12-7-5-6(9(14)15)3-4-8(7)13/h3-5,13H,2H2,1H3,(H,14,15)(H2,11,12,16). The van der Waals surface area contributed by atoms with Gasteiger partial charge in [-0.1, -0.05) is 0 Å². The number of carboxylic acids is 1. The van der Waals surface area contributed by atoms with Gasteiger partial charge in [-0.2, -0.15) is 0 Å². The highest BCUT2D eigenvalue weighted by Gasteiger charge is 2.08. The highest BCUT2D eigenvalue weighted by molar-refractivity contribution is 7.80. The molecule has 0 spiro atoms. The minimum Gasteiger partial charge on any atom is -0.506 e. The van der Waals surface area contributed by atoms with Gasteiger partial charge in [-0.25, -0.2) is 4.79 Å². The lowest BCUT2D eigenvalue weighted by atomic mass is 10.2. The lowest BCUT2D eigenvalue weighted by Crippen LogP contribution is -2.28. The summed E-state index contributed by atoms with van der Waals surface area (Å²) in [5.41, 5.74) is 0.352. The molecule has 16 heavy (non-hydrogen) atoms. The van der Waals surface area contributed by atoms with E-state index in [-0.39, 0.29) is 17.0 Å². The molecular formula is C10H12N2O3S. The maximum Gasteiger partial charge on any atom is 0.335 e. The van der Waals surface area contributed by atoms with E-state index < -0.39 is 5.97 Å². The SMILES string of the molecule is CCNC(=S)Nc1cc(C(=O)O)ccc1O. The summed E-state index contributed by atoms with van der Waals surface area (Å²) in [6.45, 7) is 2.52. The number of phenols is 1. The Morgan fingerprint density at radius 1 is 1.50 bits per heavy atom. The normalized spacial score (nSPS) is 9.56. The first kappa shape index (κ1) is 12.3. The lowest BCUT2D eigenvalue weighted by Gasteiger charge is -2.10. The minimum atomic E-state index is -1.06. The zero-order valence-corrected chi connectivity index (χ0v) is 9.47. The monoisotopic (exact) mass is 240 g/mol. The molecule has 0 saturated carbocycles. The summed E-state index contributed by atoms with van der Waals surface area (Å²) in [5.74, 6) is -1.11. The average molecular weight is 240 g/mol. The molecule has 1 rings (SSSR count). The summed E-state index contributed by atoms with van der Waals surface area (Å²) in [6, 6.07) is 3.95. The van der Waals surface area contributed by atoms with Crippen LogP contribution in [0.15, 0.2) is 18.2 Å². The van der Waals surface area contributed by atoms with Crippen molar-refractivity contribution >= 4 is 29.0 Å². The van der Waals surface area contributed by atoms with Gasteiger partial charge in [0, 0.05) is 6.54 Å². The van der Waals surface area contributed by atoms with Crippen LogP contribution in [0.4, 0.5) is 5.69 Å². The third-order valence-corrected chi connectivity index (χ3v) is 2.08. The highest BCUT2D eigenvalue weighted by Crippen LogP contribution is 2.24. The molecule has 0 aliphatic heterocycles. The minimum absolute atomic E-state index is 0.0507. The second-order valence-corrected chi connectivity index (χ2v) is 3.43. The van der Waals surface area contributed by atoms with Gasteiger partial charge in [0.25, 0.3) is 0 Å². The van der Waals surface area contributed by atoms with Crippen LogP contribution in [0.5, 0.6) is 5.75 Å². The molecule has 0 radical (unpaired) electrons. The first-order valence-corrected chi connectivity index (χ1v) is 5.06. The molecule has 0 atom stereocenters. The Hall–Kier alpha value is -1.82. The zero-order chi connectivity index (χ0) is 12.1. The number of carbonyl (C=O) groups is 1. The van der Waals surface area contributed by atoms with Crippen LogP contribution in [0.25, 0.3) is 0 Å². The van der Waals surface area contributed by atoms with E-state index in [1.54, 1.807) is 0 Å². The van der Waals surface area contributed by atoms with E-state index in [2.05, 4.69) is 10.6 Å². The highest BCUT2D eigenvalue weighted by atomic mass is 32.1. The fourth-order valence-corrected chi connectivity index (χ4v) is 1.35. The maximum atomic E-state index is 10.7. The van der Waals surface area contributed by atoms with E-state index in [0.29, 0.717) is 11.7 Å². The molecular weight excluding hydrogens is 228 g/mol. The number of benzene rings is 1. The van der Waals surface area contributed by atoms with Crippen molar-refractivity contribution in [2.75, 3.05) is 11.9 Å². The van der Waals surface area contributed by atoms with E-state index in [9.17, 15) is 9.90 Å². The maximum absolute atomic E-state index is 10.7. The van der Waals surface area contributed by atoms with Crippen molar-refractivity contribution in [3.8, 4) is 5.75 Å². The van der Waals surface area contributed by atoms with Crippen LogP contribution in [-0.2, 0) is 0 Å². The number of carboxylic acid groups (broad SMARTS) is 1. The van der Waals surface area contributed by atoms with Crippen molar-refractivity contribution in [3.63, 3.8) is 0 Å². The zero-order valence-electron chi connectivity index (χ0n) is 8.65. The molecule has 0 unspecified atom stereocenters. The summed E-state index contributed by atoms with van der Waals surface area (Å²) in [5, 5.41) is 24.1. The topological polar surface area (TPSA) is 81.6 Å². The Bertz CT molecular complexity index is 421. The molecule has 0 heterocycles. The molecule has 4 N–H and O–H groups in total. The Morgan fingerprint density at radius 2 is 2.19 bits per heavy atom. The van der Waals surface area contributed by atoms with Gasteiger partial charge >= 0.3 is 5.97 Å². The average Bonchev–Trinajstić information content (AvgIpc) is 2.21. The summed E-state index contributed by atoms with van der Waals surface area (Å²) in [7, 11) is 0. The largest absolute Gasteiger partial charge is 0.506 e. The van der Waals surface area contributed by atoms with Crippen LogP contribution in [0.2, 0.25) is 0 Å². The fraction of sp³-hybridized carbons (Fsp3) is 0.200. The Balaban J connectivity index is 2.90. The number of rotatable bonds is 3. The van der Waals surface area contributed by atoms with Gasteiger partial charge in [0.2, 0.25) is 0 Å². The van der Waals surface area contributed by atoms with E-state index in [1.807, 2.05) is 6.92 Å². The van der Waals surface area contributed by atoms with Gasteiger partial charge in [-0.15, -0.1) is 0 Å². The number of hydrogen-bond acceptors (Lipinski definition) is 3. The van der Waals surface area contributed by atoms with Gasteiger partial charge in [-0.3, -0.25) is 0 Å². The summed E-state index contributed by atoms with van der Waals surface area (Å²) in [4.78, 5) is 10.7. The van der Waals surface area contributed by atoms with Crippen LogP contribution in [0, 0.1) is 0 Å². The second-order valence-electron chi connectivity index (χ2n) is 3.02. The molecule has 0 bridgehead atoms. The third-order valence-electron chi connectivity index (χ3n) is 1.83. The first-order chi connectivity index (χ1) is 7.54. The van der Waals surface area contributed by atoms with E-state index >= 15 is 0 Å². The number of phenolic OH excluding ortho intramolecular Hbond substituents is 1. The molecule has 1 aromatic carbocycles. The van der Waals surface area contributed by atoms with Gasteiger partial charge in [0.15, 0.2) is 5.11 Å². The number of aromatic carboxylic acids is 1. The van der Waals surface area contributed by atoms with Crippen molar-refractivity contribution in [2.24, 2.45) is 0 Å². The van der Waals surface area contributed by atoms with Crippen LogP contribution in [0.1, 0.15) is 17.3 Å². The van der Waals surface area contributed by atoms with E-state index in [4.69, 9.17) is 17.3 Å². The predicted molar refractivity (Wildman–Crippen MR) is 65.0 cm³/mol. The Labute approximate surface area is 98.1 Å². The van der Waals surface area contributed by atoms with Crippen LogP contribution >= 0.6 is 12.2 Å². The smallest absolute Gasteiger partial charge is 0.335 e. The summed E-state index contributed by atoms with van der Waals surface area (Å²) < 4.78 is 0. The molecule has 0 saturated heterocycles. The molecule has 1 aromatic rings. The van der Waals surface area contributed by atoms with Crippen LogP contribution < -0.4 is 10.6 Å². The third kappa shape index (κ3) is 3.09. The molecule has 0 aliphatic carbocycles. The van der Waals surface area contributed by atoms with E-state index in [0.717, 1.165) is 0 Å². The molecule has 0 aliphatic rings. The van der Waals surface area contributed by atoms with Crippen molar-refractivity contribution in [1.82, 2.24) is 5.32 Å². The number of hydrogen-bond donors (Lipinski definition) is 4. The molecule has 86 valence electrons. The lowest BCUT2D eigenvalue weighted by molar-refractivity contribution is 0.0697. The first-order valence-electron chi connectivity index (χ1n) is 4.65. The van der Waals surface area contributed by atoms with Gasteiger partial charge in [0.05, 0.1) is 11.3 Å². The second kappa shape index (κ2) is 5.32. The number of aromatic hydroxyl groups is 1. The fourth-order valence-electron chi connectivity index (χ4n) is 1.10. The molecule has 0 aromatic heterocycles. The van der Waals surface area contributed by atoms with Crippen molar-refractivity contribution in [1.29, 1.82) is 0 Å². The van der Waals surface area contributed by atoms with Gasteiger partial charge < -0.3 is 20.8 Å². The van der Waals surface area contributed by atoms with Gasteiger partial charge in [0.1, 0.15) is 5.75 Å². The predicted octanol–water partition coefficient (Wildman–Crippen LogP) is 1.40. The summed E-state index contributed by atoms with van der Waals surface area (Å²) in [6.07, 6.45) is 0. The molecule has 0 fully saturated rings. The van der Waals surface area contributed by atoms with Crippen LogP contribution in [0.3, 0.4) is 0 Å². The quantitative estimate of drug-likeness (QED) is 0.472. The van der Waals surface area contributed by atoms with Crippen molar-refractivity contribution in [3.05, 3.63) is 23.8 Å². The van der Waals surface area contributed by atoms with Gasteiger partial charge in [-0.05, 0) is 37.3 Å². The Kier molecular flexibility index (Phi) is 4.07. The van der Waals surface area contributed by atoms with Crippen LogP contribution in [-0.4, -0.2) is 27.8 Å². The number of nitrogens with one attached hydrogen (secondary N) is 2. The molecule has 5 nitrogen and oxygen atoms in total. The summed E-state index contributed by atoms with van der Waals surface area (Å²) >= 11 is 4.92. The number of thiocarbonyl (C=S) groups is 1. The molecule has 6 heteroatoms. The molecule has 0 amide bonds. The van der Waals surface area contributed by atoms with Crippen molar-refractivity contribution in [2.45, 2.75) is 6.92 Å². The Morgan fingerprint density at radius 3 is 2.75 bits per heavy atom. The van der Waals surface area contributed by atoms with Crippen molar-refractivity contribution < 1.29 is 15.0 Å². The van der Waals surface area contributed by atoms with E-state index in [1.165, 1.54) is 18.2 Å².